The molecule has 1 rings (SSSR count). The number of amides is 1. The number of nitrogens with one attached hydrogen (secondary N) is 1. The Bertz CT molecular complexity index is 421. The fraction of sp³-hybridized carbons (Fsp3) is 0.750. The maximum Gasteiger partial charge on any atom is 0.342 e. The summed E-state index contributed by atoms with van der Waals surface area (Å²) in [6, 6.07) is 1.95. The van der Waals surface area contributed by atoms with Gasteiger partial charge in [-0.2, -0.15) is 9.78 Å². The zero-order chi connectivity index (χ0) is 15.1. The fourth-order valence-electron chi connectivity index (χ4n) is 2.09. The molecule has 0 aliphatic heterocycles. The smallest absolute Gasteiger partial charge is 0.336 e. The lowest BCUT2D eigenvalue weighted by Gasteiger charge is -2.10. The molecule has 0 spiro atoms. The van der Waals surface area contributed by atoms with Crippen molar-refractivity contribution in [2.75, 3.05) is 6.54 Å². The minimum absolute atomic E-state index is 0.0999. The highest BCUT2D eigenvalue weighted by atomic mass is 16.2. The summed E-state index contributed by atoms with van der Waals surface area (Å²) in [4.78, 5) is 12.2. The van der Waals surface area contributed by atoms with E-state index in [1.165, 1.54) is 19.3 Å². The predicted octanol–water partition coefficient (Wildman–Crippen LogP) is 4.27. The van der Waals surface area contributed by atoms with Crippen LogP contribution in [0.15, 0.2) is 6.07 Å². The SMILES string of the molecule is CCCCCCNC(=O)n1nc(C(C)C)cc1C(C)C. The average Bonchev–Trinajstić information content (AvgIpc) is 2.83. The van der Waals surface area contributed by atoms with Crippen LogP contribution in [0.1, 0.15) is 83.5 Å². The minimum Gasteiger partial charge on any atom is -0.336 e. The van der Waals surface area contributed by atoms with Crippen molar-refractivity contribution in [3.8, 4) is 0 Å². The van der Waals surface area contributed by atoms with Gasteiger partial charge >= 0.3 is 6.03 Å². The van der Waals surface area contributed by atoms with Crippen LogP contribution in [0, 0.1) is 0 Å². The number of carbonyl (C=O) groups excluding carboxylic acids is 1. The van der Waals surface area contributed by atoms with Crippen LogP contribution in [-0.4, -0.2) is 22.4 Å². The van der Waals surface area contributed by atoms with Gasteiger partial charge in [-0.1, -0.05) is 53.9 Å². The summed E-state index contributed by atoms with van der Waals surface area (Å²) in [6.07, 6.45) is 4.65. The molecule has 0 saturated carbocycles. The summed E-state index contributed by atoms with van der Waals surface area (Å²) in [5.74, 6) is 0.631. The van der Waals surface area contributed by atoms with Crippen molar-refractivity contribution in [1.29, 1.82) is 0 Å². The molecule has 0 unspecified atom stereocenters. The molecule has 0 saturated heterocycles. The molecule has 1 amide bonds. The van der Waals surface area contributed by atoms with Crippen molar-refractivity contribution in [1.82, 2.24) is 15.1 Å². The molecule has 0 fully saturated rings. The topological polar surface area (TPSA) is 46.9 Å². The molecule has 1 heterocycles. The highest BCUT2D eigenvalue weighted by Gasteiger charge is 2.17. The van der Waals surface area contributed by atoms with E-state index in [-0.39, 0.29) is 6.03 Å². The molecule has 0 bridgehead atoms. The fourth-order valence-corrected chi connectivity index (χ4v) is 2.09. The minimum atomic E-state index is -0.0999. The predicted molar refractivity (Wildman–Crippen MR) is 83.3 cm³/mol. The molecule has 0 aliphatic rings. The third kappa shape index (κ3) is 4.66. The largest absolute Gasteiger partial charge is 0.342 e. The van der Waals surface area contributed by atoms with Crippen LogP contribution in [0.3, 0.4) is 0 Å². The first-order valence-electron chi connectivity index (χ1n) is 7.85. The first-order valence-corrected chi connectivity index (χ1v) is 7.85. The lowest BCUT2D eigenvalue weighted by atomic mass is 10.1. The van der Waals surface area contributed by atoms with Gasteiger partial charge in [0.2, 0.25) is 0 Å². The number of hydrogen-bond donors (Lipinski definition) is 1. The van der Waals surface area contributed by atoms with Crippen LogP contribution in [0.25, 0.3) is 0 Å². The summed E-state index contributed by atoms with van der Waals surface area (Å²) in [5.41, 5.74) is 1.97. The first-order chi connectivity index (χ1) is 9.47. The summed E-state index contributed by atoms with van der Waals surface area (Å²) < 4.78 is 1.54. The summed E-state index contributed by atoms with van der Waals surface area (Å²) in [7, 11) is 0. The first kappa shape index (κ1) is 16.7. The second kappa shape index (κ2) is 8.08. The van der Waals surface area contributed by atoms with Crippen molar-refractivity contribution in [2.24, 2.45) is 0 Å². The Hall–Kier alpha value is -1.32. The summed E-state index contributed by atoms with van der Waals surface area (Å²) in [5, 5.41) is 7.42. The van der Waals surface area contributed by atoms with Gasteiger partial charge in [0, 0.05) is 6.54 Å². The number of rotatable bonds is 7. The molecular weight excluding hydrogens is 250 g/mol. The molecule has 0 aliphatic carbocycles. The molecular formula is C16H29N3O. The monoisotopic (exact) mass is 279 g/mol. The maximum absolute atomic E-state index is 12.2. The highest BCUT2D eigenvalue weighted by Crippen LogP contribution is 2.20. The molecule has 4 heteroatoms. The zero-order valence-corrected chi connectivity index (χ0v) is 13.6. The van der Waals surface area contributed by atoms with E-state index >= 15 is 0 Å². The van der Waals surface area contributed by atoms with Gasteiger partial charge in [-0.15, -0.1) is 0 Å². The Morgan fingerprint density at radius 1 is 1.20 bits per heavy atom. The van der Waals surface area contributed by atoms with Gasteiger partial charge in [-0.25, -0.2) is 4.79 Å². The molecule has 0 radical (unpaired) electrons. The molecule has 1 N–H and O–H groups in total. The second-order valence-electron chi connectivity index (χ2n) is 6.01. The van der Waals surface area contributed by atoms with Gasteiger partial charge in [-0.3, -0.25) is 0 Å². The van der Waals surface area contributed by atoms with Crippen molar-refractivity contribution < 1.29 is 4.79 Å². The van der Waals surface area contributed by atoms with E-state index in [0.717, 1.165) is 24.4 Å². The summed E-state index contributed by atoms with van der Waals surface area (Å²) >= 11 is 0. The van der Waals surface area contributed by atoms with Gasteiger partial charge in [0.15, 0.2) is 0 Å². The Morgan fingerprint density at radius 3 is 2.45 bits per heavy atom. The van der Waals surface area contributed by atoms with Gasteiger partial charge < -0.3 is 5.32 Å². The van der Waals surface area contributed by atoms with E-state index in [1.807, 2.05) is 6.07 Å². The van der Waals surface area contributed by atoms with E-state index in [0.29, 0.717) is 11.8 Å². The Labute approximate surface area is 122 Å². The lowest BCUT2D eigenvalue weighted by Crippen LogP contribution is -2.31. The molecule has 0 aromatic carbocycles. The van der Waals surface area contributed by atoms with E-state index in [9.17, 15) is 4.79 Å². The molecule has 20 heavy (non-hydrogen) atoms. The summed E-state index contributed by atoms with van der Waals surface area (Å²) in [6.45, 7) is 11.3. The number of hydrogen-bond acceptors (Lipinski definition) is 2. The normalized spacial score (nSPS) is 11.3. The number of unbranched alkanes of at least 4 members (excludes halogenated alkanes) is 3. The van der Waals surface area contributed by atoms with Crippen molar-refractivity contribution in [2.45, 2.75) is 72.1 Å². The van der Waals surface area contributed by atoms with Crippen molar-refractivity contribution in [3.05, 3.63) is 17.5 Å². The van der Waals surface area contributed by atoms with Gasteiger partial charge in [0.05, 0.1) is 11.4 Å². The van der Waals surface area contributed by atoms with E-state index < -0.39 is 0 Å². The Balaban J connectivity index is 2.66. The number of carbonyl (C=O) groups is 1. The highest BCUT2D eigenvalue weighted by molar-refractivity contribution is 5.76. The third-order valence-corrected chi connectivity index (χ3v) is 3.44. The van der Waals surface area contributed by atoms with Gasteiger partial charge in [0.25, 0.3) is 0 Å². The molecule has 1 aromatic rings. The van der Waals surface area contributed by atoms with Crippen molar-refractivity contribution >= 4 is 6.03 Å². The van der Waals surface area contributed by atoms with E-state index in [2.05, 4.69) is 45.0 Å². The number of aromatic nitrogens is 2. The van der Waals surface area contributed by atoms with Gasteiger partial charge in [0.1, 0.15) is 0 Å². The Kier molecular flexibility index (Phi) is 6.76. The van der Waals surface area contributed by atoms with Crippen molar-refractivity contribution in [3.63, 3.8) is 0 Å². The quantitative estimate of drug-likeness (QED) is 0.758. The second-order valence-corrected chi connectivity index (χ2v) is 6.01. The molecule has 1 aromatic heterocycles. The zero-order valence-electron chi connectivity index (χ0n) is 13.6. The number of nitrogens with zero attached hydrogens (tertiary/aromatic N) is 2. The van der Waals surface area contributed by atoms with Gasteiger partial charge in [-0.05, 0) is 24.3 Å². The molecule has 0 atom stereocenters. The standard InChI is InChI=1S/C16H29N3O/c1-6-7-8-9-10-17-16(20)19-15(13(4)5)11-14(18-19)12(2)3/h11-13H,6-10H2,1-5H3,(H,17,20). The van der Waals surface area contributed by atoms with E-state index in [4.69, 9.17) is 0 Å². The van der Waals surface area contributed by atoms with Crippen LogP contribution in [0.2, 0.25) is 0 Å². The third-order valence-electron chi connectivity index (χ3n) is 3.44. The maximum atomic E-state index is 12.2. The van der Waals surface area contributed by atoms with E-state index in [1.54, 1.807) is 4.68 Å². The van der Waals surface area contributed by atoms with Crippen LogP contribution in [0.5, 0.6) is 0 Å². The van der Waals surface area contributed by atoms with Crippen LogP contribution < -0.4 is 5.32 Å². The molecule has 114 valence electrons. The Morgan fingerprint density at radius 2 is 1.90 bits per heavy atom. The lowest BCUT2D eigenvalue weighted by molar-refractivity contribution is 0.238. The molecule has 4 nitrogen and oxygen atoms in total. The van der Waals surface area contributed by atoms with Crippen LogP contribution >= 0.6 is 0 Å². The van der Waals surface area contributed by atoms with Crippen LogP contribution in [-0.2, 0) is 0 Å². The average molecular weight is 279 g/mol. The van der Waals surface area contributed by atoms with Crippen LogP contribution in [0.4, 0.5) is 4.79 Å².